The van der Waals surface area contributed by atoms with Crippen LogP contribution in [0.4, 0.5) is 11.4 Å². The van der Waals surface area contributed by atoms with Crippen LogP contribution in [0.25, 0.3) is 10.8 Å². The van der Waals surface area contributed by atoms with Crippen LogP contribution < -0.4 is 11.1 Å². The number of fused-ring (bicyclic) bond motifs is 1. The highest BCUT2D eigenvalue weighted by Crippen LogP contribution is 2.27. The number of nitrogen functional groups attached to an aromatic ring is 1. The summed E-state index contributed by atoms with van der Waals surface area (Å²) in [5, 5.41) is 5.38. The summed E-state index contributed by atoms with van der Waals surface area (Å²) in [5.41, 5.74) is 7.69. The molecule has 2 aromatic rings. The Balaban J connectivity index is 2.14. The average Bonchev–Trinajstić information content (AvgIpc) is 2.37. The minimum Gasteiger partial charge on any atom is -0.398 e. The molecule has 0 aliphatic heterocycles. The first-order chi connectivity index (χ1) is 8.68. The van der Waals surface area contributed by atoms with Crippen LogP contribution in [0.1, 0.15) is 6.42 Å². The van der Waals surface area contributed by atoms with Gasteiger partial charge in [0.2, 0.25) is 0 Å². The van der Waals surface area contributed by atoms with E-state index in [0.717, 1.165) is 40.9 Å². The van der Waals surface area contributed by atoms with Crippen molar-refractivity contribution in [3.05, 3.63) is 30.6 Å². The number of anilines is 2. The van der Waals surface area contributed by atoms with Gasteiger partial charge in [0.1, 0.15) is 0 Å². The molecule has 1 atom stereocenters. The molecule has 1 heterocycles. The van der Waals surface area contributed by atoms with Crippen LogP contribution in [-0.2, 0) is 10.8 Å². The van der Waals surface area contributed by atoms with E-state index in [-0.39, 0.29) is 0 Å². The van der Waals surface area contributed by atoms with Crippen molar-refractivity contribution in [1.82, 2.24) is 4.98 Å². The van der Waals surface area contributed by atoms with Gasteiger partial charge in [-0.2, -0.15) is 0 Å². The van der Waals surface area contributed by atoms with E-state index in [2.05, 4.69) is 10.3 Å². The summed E-state index contributed by atoms with van der Waals surface area (Å²) in [6.45, 7) is 0.806. The summed E-state index contributed by atoms with van der Waals surface area (Å²) in [5.74, 6) is 0.724. The molecule has 1 aromatic heterocycles. The SMILES string of the molecule is CS(=O)CCCNc1ccc(N)c2cnccc12. The number of benzene rings is 1. The van der Waals surface area contributed by atoms with Gasteiger partial charge in [-0.05, 0) is 24.6 Å². The lowest BCUT2D eigenvalue weighted by atomic mass is 10.1. The van der Waals surface area contributed by atoms with E-state index in [0.29, 0.717) is 0 Å². The molecule has 0 aliphatic rings. The van der Waals surface area contributed by atoms with E-state index < -0.39 is 10.8 Å². The van der Waals surface area contributed by atoms with E-state index in [4.69, 9.17) is 5.73 Å². The lowest BCUT2D eigenvalue weighted by Crippen LogP contribution is -2.06. The topological polar surface area (TPSA) is 68.0 Å². The van der Waals surface area contributed by atoms with Gasteiger partial charge in [-0.25, -0.2) is 0 Å². The molecule has 2 rings (SSSR count). The third-order valence-electron chi connectivity index (χ3n) is 2.78. The number of nitrogens with two attached hydrogens (primary N) is 1. The summed E-state index contributed by atoms with van der Waals surface area (Å²) in [4.78, 5) is 4.09. The van der Waals surface area contributed by atoms with Crippen molar-refractivity contribution in [3.63, 3.8) is 0 Å². The van der Waals surface area contributed by atoms with Crippen LogP contribution >= 0.6 is 0 Å². The average molecular weight is 263 g/mol. The normalized spacial score (nSPS) is 12.5. The monoisotopic (exact) mass is 263 g/mol. The first-order valence-electron chi connectivity index (χ1n) is 5.84. The maximum absolute atomic E-state index is 11.0. The van der Waals surface area contributed by atoms with Gasteiger partial charge in [-0.15, -0.1) is 0 Å². The van der Waals surface area contributed by atoms with E-state index in [9.17, 15) is 4.21 Å². The number of hydrogen-bond donors (Lipinski definition) is 2. The second-order valence-electron chi connectivity index (χ2n) is 4.18. The molecule has 0 amide bonds. The fourth-order valence-electron chi connectivity index (χ4n) is 1.86. The highest BCUT2D eigenvalue weighted by molar-refractivity contribution is 7.84. The minimum atomic E-state index is -0.724. The predicted octanol–water partition coefficient (Wildman–Crippen LogP) is 2.00. The Kier molecular flexibility index (Phi) is 4.15. The first-order valence-corrected chi connectivity index (χ1v) is 7.57. The summed E-state index contributed by atoms with van der Waals surface area (Å²) >= 11 is 0. The minimum absolute atomic E-state index is 0.724. The number of rotatable bonds is 5. The molecule has 0 saturated carbocycles. The standard InChI is InChI=1S/C13H17N3OS/c1-18(17)8-2-6-16-13-4-3-12(14)11-9-15-7-5-10(11)13/h3-5,7,9,16H,2,6,8,14H2,1H3. The molecule has 1 aromatic carbocycles. The number of nitrogens with one attached hydrogen (secondary N) is 1. The van der Waals surface area contributed by atoms with Crippen LogP contribution in [0, 0.1) is 0 Å². The molecule has 0 fully saturated rings. The Bertz CT molecular complexity index is 571. The van der Waals surface area contributed by atoms with Crippen LogP contribution in [-0.4, -0.2) is 27.7 Å². The van der Waals surface area contributed by atoms with Crippen molar-refractivity contribution < 1.29 is 4.21 Å². The second-order valence-corrected chi connectivity index (χ2v) is 5.74. The van der Waals surface area contributed by atoms with Gasteiger partial charge in [-0.1, -0.05) is 0 Å². The van der Waals surface area contributed by atoms with Crippen molar-refractivity contribution in [1.29, 1.82) is 0 Å². The number of pyridine rings is 1. The maximum Gasteiger partial charge on any atom is 0.0422 e. The summed E-state index contributed by atoms with van der Waals surface area (Å²) in [6, 6.07) is 5.80. The van der Waals surface area contributed by atoms with Crippen LogP contribution in [0.5, 0.6) is 0 Å². The third kappa shape index (κ3) is 2.98. The Morgan fingerprint density at radius 3 is 2.94 bits per heavy atom. The van der Waals surface area contributed by atoms with E-state index >= 15 is 0 Å². The van der Waals surface area contributed by atoms with Gasteiger partial charge in [0.25, 0.3) is 0 Å². The van der Waals surface area contributed by atoms with Crippen molar-refractivity contribution in [2.45, 2.75) is 6.42 Å². The van der Waals surface area contributed by atoms with E-state index in [1.807, 2.05) is 18.2 Å². The third-order valence-corrected chi connectivity index (χ3v) is 3.64. The Labute approximate surface area is 109 Å². The number of nitrogens with zero attached hydrogens (tertiary/aromatic N) is 1. The molecule has 0 aliphatic carbocycles. The predicted molar refractivity (Wildman–Crippen MR) is 78.2 cm³/mol. The molecule has 18 heavy (non-hydrogen) atoms. The fourth-order valence-corrected chi connectivity index (χ4v) is 2.42. The molecule has 0 radical (unpaired) electrons. The van der Waals surface area contributed by atoms with Crippen molar-refractivity contribution in [3.8, 4) is 0 Å². The van der Waals surface area contributed by atoms with Crippen LogP contribution in [0.2, 0.25) is 0 Å². The van der Waals surface area contributed by atoms with Crippen molar-refractivity contribution in [2.24, 2.45) is 0 Å². The summed E-state index contributed by atoms with van der Waals surface area (Å²) in [7, 11) is -0.724. The molecule has 3 N–H and O–H groups in total. The van der Waals surface area contributed by atoms with Crippen molar-refractivity contribution in [2.75, 3.05) is 29.6 Å². The lowest BCUT2D eigenvalue weighted by Gasteiger charge is -2.10. The summed E-state index contributed by atoms with van der Waals surface area (Å²) in [6.07, 6.45) is 6.15. The Hall–Kier alpha value is -1.62. The quantitative estimate of drug-likeness (QED) is 0.639. The van der Waals surface area contributed by atoms with Gasteiger partial charge in [-0.3, -0.25) is 9.19 Å². The number of aromatic nitrogens is 1. The van der Waals surface area contributed by atoms with Crippen molar-refractivity contribution >= 4 is 32.9 Å². The van der Waals surface area contributed by atoms with Crippen LogP contribution in [0.3, 0.4) is 0 Å². The Morgan fingerprint density at radius 1 is 1.33 bits per heavy atom. The number of hydrogen-bond acceptors (Lipinski definition) is 4. The van der Waals surface area contributed by atoms with Gasteiger partial charge >= 0.3 is 0 Å². The molecular formula is C13H17N3OS. The van der Waals surface area contributed by atoms with Gasteiger partial charge < -0.3 is 11.1 Å². The zero-order valence-corrected chi connectivity index (χ0v) is 11.2. The molecule has 5 heteroatoms. The van der Waals surface area contributed by atoms with Gasteiger partial charge in [0, 0.05) is 63.9 Å². The second kappa shape index (κ2) is 5.82. The van der Waals surface area contributed by atoms with Gasteiger partial charge in [0.15, 0.2) is 0 Å². The van der Waals surface area contributed by atoms with Gasteiger partial charge in [0.05, 0.1) is 0 Å². The molecule has 96 valence electrons. The molecule has 4 nitrogen and oxygen atoms in total. The molecule has 1 unspecified atom stereocenters. The lowest BCUT2D eigenvalue weighted by molar-refractivity contribution is 0.685. The largest absolute Gasteiger partial charge is 0.398 e. The molecule has 0 spiro atoms. The zero-order valence-electron chi connectivity index (χ0n) is 10.3. The van der Waals surface area contributed by atoms with Crippen LogP contribution in [0.15, 0.2) is 30.6 Å². The highest BCUT2D eigenvalue weighted by atomic mass is 32.2. The fraction of sp³-hybridized carbons (Fsp3) is 0.308. The molecular weight excluding hydrogens is 246 g/mol. The smallest absolute Gasteiger partial charge is 0.0422 e. The highest BCUT2D eigenvalue weighted by Gasteiger charge is 2.03. The van der Waals surface area contributed by atoms with E-state index in [1.54, 1.807) is 18.6 Å². The summed E-state index contributed by atoms with van der Waals surface area (Å²) < 4.78 is 11.0. The zero-order chi connectivity index (χ0) is 13.0. The molecule has 0 saturated heterocycles. The Morgan fingerprint density at radius 2 is 2.17 bits per heavy atom. The maximum atomic E-state index is 11.0. The first kappa shape index (κ1) is 12.8. The molecule has 0 bridgehead atoms. The van der Waals surface area contributed by atoms with E-state index in [1.165, 1.54) is 0 Å².